The first kappa shape index (κ1) is 14.2. The van der Waals surface area contributed by atoms with Crippen LogP contribution in [0.5, 0.6) is 0 Å². The van der Waals surface area contributed by atoms with Gasteiger partial charge in [-0.15, -0.1) is 11.6 Å². The topological polar surface area (TPSA) is 35.1 Å². The third-order valence-corrected chi connectivity index (χ3v) is 4.31. The summed E-state index contributed by atoms with van der Waals surface area (Å²) in [7, 11) is 1.68. The van der Waals surface area contributed by atoms with Gasteiger partial charge in [0.05, 0.1) is 10.9 Å². The van der Waals surface area contributed by atoms with Crippen LogP contribution in [0.2, 0.25) is 5.02 Å². The van der Waals surface area contributed by atoms with Crippen molar-refractivity contribution in [1.82, 2.24) is 4.57 Å². The number of benzene rings is 2. The van der Waals surface area contributed by atoms with E-state index in [0.717, 1.165) is 16.6 Å². The van der Waals surface area contributed by atoms with Crippen molar-refractivity contribution in [3.05, 3.63) is 69.2 Å². The third-order valence-electron chi connectivity index (χ3n) is 3.54. The second kappa shape index (κ2) is 5.58. The predicted molar refractivity (Wildman–Crippen MR) is 85.2 cm³/mol. The van der Waals surface area contributed by atoms with Crippen molar-refractivity contribution in [2.45, 2.75) is 11.8 Å². The number of alkyl halides is 1. The molecule has 1 unspecified atom stereocenters. The van der Waals surface area contributed by atoms with Gasteiger partial charge in [0.25, 0.3) is 0 Å². The Labute approximate surface area is 131 Å². The van der Waals surface area contributed by atoms with E-state index in [9.17, 15) is 4.79 Å². The van der Waals surface area contributed by atoms with Gasteiger partial charge in [-0.3, -0.25) is 4.57 Å². The molecule has 1 heterocycles. The molecule has 5 heteroatoms. The van der Waals surface area contributed by atoms with Crippen molar-refractivity contribution in [1.29, 1.82) is 0 Å². The molecule has 0 aliphatic rings. The highest BCUT2D eigenvalue weighted by Crippen LogP contribution is 2.29. The van der Waals surface area contributed by atoms with Crippen LogP contribution in [-0.4, -0.2) is 4.57 Å². The van der Waals surface area contributed by atoms with Gasteiger partial charge in [-0.05, 0) is 35.7 Å². The predicted octanol–water partition coefficient (Wildman–Crippen LogP) is 4.31. The fourth-order valence-electron chi connectivity index (χ4n) is 2.32. The van der Waals surface area contributed by atoms with Crippen molar-refractivity contribution in [2.24, 2.45) is 7.05 Å². The van der Waals surface area contributed by atoms with Gasteiger partial charge in [-0.25, -0.2) is 4.79 Å². The zero-order valence-electron chi connectivity index (χ0n) is 11.3. The first-order valence-electron chi connectivity index (χ1n) is 6.53. The molecule has 0 radical (unpaired) electrons. The normalized spacial score (nSPS) is 12.7. The van der Waals surface area contributed by atoms with Crippen LogP contribution in [-0.2, 0) is 13.5 Å². The van der Waals surface area contributed by atoms with Crippen LogP contribution in [0, 0.1) is 0 Å². The summed E-state index contributed by atoms with van der Waals surface area (Å²) in [6.45, 7) is 0. The van der Waals surface area contributed by atoms with E-state index in [4.69, 9.17) is 27.6 Å². The van der Waals surface area contributed by atoms with Gasteiger partial charge in [0.2, 0.25) is 0 Å². The highest BCUT2D eigenvalue weighted by molar-refractivity contribution is 6.31. The summed E-state index contributed by atoms with van der Waals surface area (Å²) in [6.07, 6.45) is 0.615. The van der Waals surface area contributed by atoms with Crippen LogP contribution in [0.3, 0.4) is 0 Å². The monoisotopic (exact) mass is 321 g/mol. The second-order valence-electron chi connectivity index (χ2n) is 4.92. The minimum absolute atomic E-state index is 0.236. The van der Waals surface area contributed by atoms with E-state index in [0.29, 0.717) is 17.0 Å². The van der Waals surface area contributed by atoms with Gasteiger partial charge in [-0.1, -0.05) is 35.9 Å². The smallest absolute Gasteiger partial charge is 0.408 e. The van der Waals surface area contributed by atoms with E-state index in [1.165, 1.54) is 4.57 Å². The molecule has 108 valence electrons. The molecule has 0 saturated heterocycles. The zero-order valence-corrected chi connectivity index (χ0v) is 12.9. The summed E-state index contributed by atoms with van der Waals surface area (Å²) in [6, 6.07) is 13.2. The second-order valence-corrected chi connectivity index (χ2v) is 5.85. The number of halogens is 2. The van der Waals surface area contributed by atoms with Crippen LogP contribution in [0.25, 0.3) is 11.1 Å². The molecule has 3 nitrogen and oxygen atoms in total. The van der Waals surface area contributed by atoms with Gasteiger partial charge in [0.15, 0.2) is 5.58 Å². The molecule has 3 aromatic rings. The van der Waals surface area contributed by atoms with E-state index >= 15 is 0 Å². The Morgan fingerprint density at radius 1 is 1.24 bits per heavy atom. The SMILES string of the molecule is Cn1c(=O)oc2cc(C(Cl)Cc3ccccc3Cl)ccc21. The third kappa shape index (κ3) is 2.71. The fraction of sp³-hybridized carbons (Fsp3) is 0.188. The maximum atomic E-state index is 11.5. The van der Waals surface area contributed by atoms with E-state index in [1.807, 2.05) is 42.5 Å². The molecule has 21 heavy (non-hydrogen) atoms. The Balaban J connectivity index is 1.93. The molecule has 0 amide bonds. The average molecular weight is 322 g/mol. The number of aromatic nitrogens is 1. The summed E-state index contributed by atoms with van der Waals surface area (Å²) in [5.74, 6) is -0.376. The molecule has 2 aromatic carbocycles. The highest BCUT2D eigenvalue weighted by atomic mass is 35.5. The van der Waals surface area contributed by atoms with Gasteiger partial charge in [0.1, 0.15) is 0 Å². The number of rotatable bonds is 3. The van der Waals surface area contributed by atoms with E-state index in [1.54, 1.807) is 7.05 Å². The van der Waals surface area contributed by atoms with Crippen LogP contribution < -0.4 is 5.76 Å². The van der Waals surface area contributed by atoms with Crippen molar-refractivity contribution in [3.63, 3.8) is 0 Å². The first-order chi connectivity index (χ1) is 10.1. The first-order valence-corrected chi connectivity index (χ1v) is 7.34. The zero-order chi connectivity index (χ0) is 15.0. The number of aryl methyl sites for hydroxylation is 1. The molecule has 0 bridgehead atoms. The average Bonchev–Trinajstić information content (AvgIpc) is 2.76. The number of oxazole rings is 1. The van der Waals surface area contributed by atoms with Crippen molar-refractivity contribution in [3.8, 4) is 0 Å². The molecule has 0 saturated carbocycles. The summed E-state index contributed by atoms with van der Waals surface area (Å²) in [5.41, 5.74) is 3.20. The fourth-order valence-corrected chi connectivity index (χ4v) is 2.83. The molecule has 0 spiro atoms. The lowest BCUT2D eigenvalue weighted by atomic mass is 10.0. The molecule has 0 N–H and O–H groups in total. The molecule has 3 rings (SSSR count). The molecular weight excluding hydrogens is 309 g/mol. The lowest BCUT2D eigenvalue weighted by Gasteiger charge is -2.11. The molecule has 1 aromatic heterocycles. The van der Waals surface area contributed by atoms with Gasteiger partial charge in [-0.2, -0.15) is 0 Å². The minimum Gasteiger partial charge on any atom is -0.408 e. The van der Waals surface area contributed by atoms with Crippen molar-refractivity contribution in [2.75, 3.05) is 0 Å². The lowest BCUT2D eigenvalue weighted by molar-refractivity contribution is 0.528. The van der Waals surface area contributed by atoms with E-state index in [-0.39, 0.29) is 11.1 Å². The standard InChI is InChI=1S/C16H13Cl2NO2/c1-19-14-7-6-11(9-15(14)21-16(19)20)13(18)8-10-4-2-3-5-12(10)17/h2-7,9,13H,8H2,1H3. The Hall–Kier alpha value is -1.71. The molecule has 1 atom stereocenters. The molecule has 0 fully saturated rings. The largest absolute Gasteiger partial charge is 0.419 e. The van der Waals surface area contributed by atoms with Crippen LogP contribution >= 0.6 is 23.2 Å². The Morgan fingerprint density at radius 3 is 2.76 bits per heavy atom. The number of hydrogen-bond acceptors (Lipinski definition) is 2. The maximum Gasteiger partial charge on any atom is 0.419 e. The van der Waals surface area contributed by atoms with E-state index in [2.05, 4.69) is 0 Å². The number of fused-ring (bicyclic) bond motifs is 1. The quantitative estimate of drug-likeness (QED) is 0.674. The molecular formula is C16H13Cl2NO2. The summed E-state index contributed by atoms with van der Waals surface area (Å²) in [4.78, 5) is 11.5. The molecule has 0 aliphatic carbocycles. The molecule has 0 aliphatic heterocycles. The van der Waals surface area contributed by atoms with Crippen molar-refractivity contribution >= 4 is 34.3 Å². The number of hydrogen-bond donors (Lipinski definition) is 0. The van der Waals surface area contributed by atoms with Crippen molar-refractivity contribution < 1.29 is 4.42 Å². The highest BCUT2D eigenvalue weighted by Gasteiger charge is 2.14. The maximum absolute atomic E-state index is 11.5. The minimum atomic E-state index is -0.376. The number of nitrogens with zero attached hydrogens (tertiary/aromatic N) is 1. The Bertz CT molecular complexity index is 851. The van der Waals surface area contributed by atoms with Crippen LogP contribution in [0.1, 0.15) is 16.5 Å². The summed E-state index contributed by atoms with van der Waals surface area (Å²) >= 11 is 12.6. The van der Waals surface area contributed by atoms with Gasteiger partial charge in [0, 0.05) is 12.1 Å². The van der Waals surface area contributed by atoms with Crippen LogP contribution in [0.15, 0.2) is 51.7 Å². The summed E-state index contributed by atoms with van der Waals surface area (Å²) < 4.78 is 6.65. The van der Waals surface area contributed by atoms with Gasteiger partial charge < -0.3 is 4.42 Å². The van der Waals surface area contributed by atoms with E-state index < -0.39 is 0 Å². The van der Waals surface area contributed by atoms with Crippen LogP contribution in [0.4, 0.5) is 0 Å². The Kier molecular flexibility index (Phi) is 3.79. The summed E-state index contributed by atoms with van der Waals surface area (Å²) in [5, 5.41) is 0.468. The lowest BCUT2D eigenvalue weighted by Crippen LogP contribution is -2.08. The Morgan fingerprint density at radius 2 is 2.00 bits per heavy atom. The van der Waals surface area contributed by atoms with Gasteiger partial charge >= 0.3 is 5.76 Å².